The van der Waals surface area contributed by atoms with Crippen LogP contribution in [0, 0.1) is 0 Å². The Morgan fingerprint density at radius 1 is 0.812 bits per heavy atom. The number of rotatable bonds is 10. The van der Waals surface area contributed by atoms with Gasteiger partial charge in [0.2, 0.25) is 6.10 Å². The van der Waals surface area contributed by atoms with Crippen molar-refractivity contribution in [3.63, 3.8) is 0 Å². The molecule has 0 fully saturated rings. The number of nitrogens with one attached hydrogen (secondary N) is 1. The van der Waals surface area contributed by atoms with Gasteiger partial charge >= 0.3 is 23.9 Å². The molecule has 3 atom stereocenters. The highest BCUT2D eigenvalue weighted by Crippen LogP contribution is 2.19. The molecule has 1 amide bonds. The van der Waals surface area contributed by atoms with E-state index in [4.69, 9.17) is 18.9 Å². The van der Waals surface area contributed by atoms with Gasteiger partial charge in [-0.15, -0.1) is 0 Å². The first kappa shape index (κ1) is 26.4. The molecule has 11 nitrogen and oxygen atoms in total. The van der Waals surface area contributed by atoms with Crippen molar-refractivity contribution >= 4 is 41.2 Å². The van der Waals surface area contributed by atoms with Gasteiger partial charge in [0.15, 0.2) is 12.2 Å². The van der Waals surface area contributed by atoms with E-state index >= 15 is 0 Å². The van der Waals surface area contributed by atoms with Crippen LogP contribution in [0.2, 0.25) is 0 Å². The fourth-order valence-electron chi connectivity index (χ4n) is 2.64. The van der Waals surface area contributed by atoms with Crippen LogP contribution < -0.4 is 10.2 Å². The first-order valence-electron chi connectivity index (χ1n) is 9.64. The van der Waals surface area contributed by atoms with E-state index in [1.54, 1.807) is 24.3 Å². The molecule has 1 N–H and O–H groups in total. The second kappa shape index (κ2) is 12.3. The van der Waals surface area contributed by atoms with Gasteiger partial charge in [0.25, 0.3) is 5.91 Å². The molecule has 0 saturated carbocycles. The number of carbonyl (C=O) groups excluding carboxylic acids is 5. The molecule has 0 aromatic heterocycles. The van der Waals surface area contributed by atoms with Crippen molar-refractivity contribution in [2.45, 2.75) is 46.0 Å². The van der Waals surface area contributed by atoms with Crippen molar-refractivity contribution in [1.29, 1.82) is 0 Å². The number of ether oxygens (including phenoxy) is 4. The monoisotopic (exact) mass is 452 g/mol. The highest BCUT2D eigenvalue weighted by atomic mass is 16.6. The zero-order valence-electron chi connectivity index (χ0n) is 18.9. The Labute approximate surface area is 185 Å². The van der Waals surface area contributed by atoms with E-state index < -0.39 is 54.7 Å². The summed E-state index contributed by atoms with van der Waals surface area (Å²) in [4.78, 5) is 61.0. The molecular formula is C21H28N2O9. The number of amides is 1. The minimum Gasteiger partial charge on any atom is -0.462 e. The lowest BCUT2D eigenvalue weighted by atomic mass is 10.1. The van der Waals surface area contributed by atoms with Gasteiger partial charge in [0, 0.05) is 53.2 Å². The van der Waals surface area contributed by atoms with Crippen molar-refractivity contribution in [2.24, 2.45) is 0 Å². The van der Waals surface area contributed by atoms with Gasteiger partial charge in [-0.2, -0.15) is 0 Å². The van der Waals surface area contributed by atoms with E-state index in [1.807, 2.05) is 19.0 Å². The number of benzene rings is 1. The molecule has 0 radical (unpaired) electrons. The summed E-state index contributed by atoms with van der Waals surface area (Å²) in [6, 6.07) is 6.76. The highest BCUT2D eigenvalue weighted by Gasteiger charge is 2.42. The number of hydrogen-bond donors (Lipinski definition) is 1. The predicted molar refractivity (Wildman–Crippen MR) is 113 cm³/mol. The maximum Gasteiger partial charge on any atom is 0.303 e. The number of carbonyl (C=O) groups is 5. The van der Waals surface area contributed by atoms with Gasteiger partial charge < -0.3 is 29.2 Å². The van der Waals surface area contributed by atoms with E-state index in [1.165, 1.54) is 0 Å². The van der Waals surface area contributed by atoms with Gasteiger partial charge in [-0.1, -0.05) is 0 Å². The van der Waals surface area contributed by atoms with Crippen LogP contribution in [-0.2, 0) is 42.9 Å². The van der Waals surface area contributed by atoms with E-state index in [2.05, 4.69) is 5.32 Å². The van der Waals surface area contributed by atoms with E-state index in [9.17, 15) is 24.0 Å². The Morgan fingerprint density at radius 2 is 1.34 bits per heavy atom. The van der Waals surface area contributed by atoms with Crippen LogP contribution in [0.3, 0.4) is 0 Å². The smallest absolute Gasteiger partial charge is 0.303 e. The molecule has 0 aliphatic rings. The second-order valence-electron chi connectivity index (χ2n) is 6.99. The lowest BCUT2D eigenvalue weighted by Crippen LogP contribution is -2.52. The van der Waals surface area contributed by atoms with Crippen molar-refractivity contribution in [3.8, 4) is 0 Å². The first-order valence-corrected chi connectivity index (χ1v) is 9.64. The van der Waals surface area contributed by atoms with Crippen LogP contribution >= 0.6 is 0 Å². The van der Waals surface area contributed by atoms with Crippen molar-refractivity contribution in [2.75, 3.05) is 30.9 Å². The maximum atomic E-state index is 13.0. The number of nitrogens with zero attached hydrogens (tertiary/aromatic N) is 1. The fraction of sp³-hybridized carbons (Fsp3) is 0.476. The molecule has 0 spiro atoms. The molecule has 0 bridgehead atoms. The third kappa shape index (κ3) is 9.02. The van der Waals surface area contributed by atoms with Crippen LogP contribution in [-0.4, -0.2) is 68.8 Å². The fourth-order valence-corrected chi connectivity index (χ4v) is 2.64. The van der Waals surface area contributed by atoms with Crippen molar-refractivity contribution in [3.05, 3.63) is 24.3 Å². The molecule has 0 aliphatic carbocycles. The normalized spacial score (nSPS) is 13.1. The van der Waals surface area contributed by atoms with Gasteiger partial charge in [0.05, 0.1) is 0 Å². The predicted octanol–water partition coefficient (Wildman–Crippen LogP) is 1.05. The Bertz CT molecular complexity index is 836. The molecule has 0 aliphatic heterocycles. The largest absolute Gasteiger partial charge is 0.462 e. The molecule has 1 rings (SSSR count). The first-order chi connectivity index (χ1) is 14.9. The van der Waals surface area contributed by atoms with Crippen LogP contribution in [0.4, 0.5) is 11.4 Å². The topological polar surface area (TPSA) is 138 Å². The third-order valence-electron chi connectivity index (χ3n) is 3.94. The summed E-state index contributed by atoms with van der Waals surface area (Å²) >= 11 is 0. The van der Waals surface area contributed by atoms with Crippen LogP contribution in [0.25, 0.3) is 0 Å². The van der Waals surface area contributed by atoms with Crippen LogP contribution in [0.1, 0.15) is 27.7 Å². The van der Waals surface area contributed by atoms with Gasteiger partial charge in [-0.25, -0.2) is 0 Å². The molecule has 1 aromatic rings. The molecule has 0 heterocycles. The Kier molecular flexibility index (Phi) is 10.1. The van der Waals surface area contributed by atoms with E-state index in [-0.39, 0.29) is 0 Å². The molecule has 11 heteroatoms. The lowest BCUT2D eigenvalue weighted by molar-refractivity contribution is -0.190. The van der Waals surface area contributed by atoms with Gasteiger partial charge in [0.1, 0.15) is 6.61 Å². The van der Waals surface area contributed by atoms with Gasteiger partial charge in [-0.3, -0.25) is 24.0 Å². The maximum absolute atomic E-state index is 13.0. The van der Waals surface area contributed by atoms with Crippen LogP contribution in [0.15, 0.2) is 24.3 Å². The van der Waals surface area contributed by atoms with Crippen LogP contribution in [0.5, 0.6) is 0 Å². The zero-order valence-corrected chi connectivity index (χ0v) is 18.9. The standard InChI is InChI=1S/C21H28N2O9/c1-12(24)29-11-18(30-13(2)25)19(31-14(3)26)20(32-15(4)27)21(28)22-16-7-9-17(10-8-16)23(5)6/h7-10,18-20H,11H2,1-6H3,(H,22,28). The molecule has 0 saturated heterocycles. The van der Waals surface area contributed by atoms with E-state index in [0.29, 0.717) is 5.69 Å². The summed E-state index contributed by atoms with van der Waals surface area (Å²) in [5, 5.41) is 2.57. The average molecular weight is 452 g/mol. The molecule has 3 unspecified atom stereocenters. The zero-order chi connectivity index (χ0) is 24.4. The molecule has 32 heavy (non-hydrogen) atoms. The Morgan fingerprint density at radius 3 is 1.78 bits per heavy atom. The SMILES string of the molecule is CC(=O)OCC(OC(C)=O)C(OC(C)=O)C(OC(C)=O)C(=O)Nc1ccc(N(C)C)cc1. The summed E-state index contributed by atoms with van der Waals surface area (Å²) in [5.41, 5.74) is 1.26. The summed E-state index contributed by atoms with van der Waals surface area (Å²) in [6.07, 6.45) is -4.70. The minimum atomic E-state index is -1.70. The Hall–Kier alpha value is -3.63. The molecule has 176 valence electrons. The van der Waals surface area contributed by atoms with Crippen molar-refractivity contribution in [1.82, 2.24) is 0 Å². The van der Waals surface area contributed by atoms with Gasteiger partial charge in [-0.05, 0) is 24.3 Å². The lowest BCUT2D eigenvalue weighted by Gasteiger charge is -2.30. The van der Waals surface area contributed by atoms with Crippen molar-refractivity contribution < 1.29 is 42.9 Å². The minimum absolute atomic E-state index is 0.378. The third-order valence-corrected chi connectivity index (χ3v) is 3.94. The quantitative estimate of drug-likeness (QED) is 0.405. The Balaban J connectivity index is 3.26. The molecular weight excluding hydrogens is 424 g/mol. The number of esters is 4. The molecule has 1 aromatic carbocycles. The summed E-state index contributed by atoms with van der Waals surface area (Å²) < 4.78 is 20.2. The van der Waals surface area contributed by atoms with E-state index in [0.717, 1.165) is 33.4 Å². The summed E-state index contributed by atoms with van der Waals surface area (Å²) in [7, 11) is 3.71. The number of hydrogen-bond acceptors (Lipinski definition) is 10. The average Bonchev–Trinajstić information content (AvgIpc) is 2.67. The highest BCUT2D eigenvalue weighted by molar-refractivity contribution is 5.96. The second-order valence-corrected chi connectivity index (χ2v) is 6.99. The summed E-state index contributed by atoms with van der Waals surface area (Å²) in [5.74, 6) is -4.02. The number of anilines is 2. The summed E-state index contributed by atoms with van der Waals surface area (Å²) in [6.45, 7) is 3.80.